The molecule has 1 fully saturated rings. The van der Waals surface area contributed by atoms with Crippen molar-refractivity contribution < 1.29 is 19.4 Å². The van der Waals surface area contributed by atoms with Crippen LogP contribution in [0.4, 0.5) is 0 Å². The highest BCUT2D eigenvalue weighted by molar-refractivity contribution is 5.78. The van der Waals surface area contributed by atoms with Gasteiger partial charge in [0.05, 0.1) is 0 Å². The Morgan fingerprint density at radius 3 is 2.32 bits per heavy atom. The van der Waals surface area contributed by atoms with Crippen molar-refractivity contribution in [2.75, 3.05) is 26.3 Å². The maximum Gasteiger partial charge on any atom is 0.329 e. The van der Waals surface area contributed by atoms with Crippen LogP contribution in [0.15, 0.2) is 0 Å². The first-order valence-corrected chi connectivity index (χ1v) is 6.63. The molecule has 110 valence electrons. The van der Waals surface area contributed by atoms with Gasteiger partial charge < -0.3 is 15.2 Å². The van der Waals surface area contributed by atoms with E-state index in [1.54, 1.807) is 0 Å². The van der Waals surface area contributed by atoms with Crippen molar-refractivity contribution in [2.45, 2.75) is 45.2 Å². The first-order valence-electron chi connectivity index (χ1n) is 6.63. The van der Waals surface area contributed by atoms with Gasteiger partial charge in [0.15, 0.2) is 0 Å². The topological polar surface area (TPSA) is 78.9 Å². The van der Waals surface area contributed by atoms with Gasteiger partial charge in [-0.2, -0.15) is 0 Å². The summed E-state index contributed by atoms with van der Waals surface area (Å²) < 4.78 is 4.75. The fourth-order valence-corrected chi connectivity index (χ4v) is 2.20. The number of nitrogens with zero attached hydrogens (tertiary/aromatic N) is 1. The molecule has 0 saturated carbocycles. The number of carboxylic acids is 1. The zero-order valence-electron chi connectivity index (χ0n) is 11.9. The van der Waals surface area contributed by atoms with Gasteiger partial charge in [-0.1, -0.05) is 0 Å². The summed E-state index contributed by atoms with van der Waals surface area (Å²) in [4.78, 5) is 24.2. The first kappa shape index (κ1) is 15.9. The van der Waals surface area contributed by atoms with E-state index in [1.807, 2.05) is 0 Å². The number of piperidine rings is 1. The van der Waals surface area contributed by atoms with E-state index >= 15 is 0 Å². The first-order chi connectivity index (χ1) is 8.79. The zero-order chi connectivity index (χ0) is 14.5. The van der Waals surface area contributed by atoms with Gasteiger partial charge in [-0.05, 0) is 33.6 Å². The quantitative estimate of drug-likeness (QED) is 0.760. The van der Waals surface area contributed by atoms with E-state index in [0.717, 1.165) is 25.9 Å². The molecule has 0 atom stereocenters. The molecule has 0 aliphatic carbocycles. The van der Waals surface area contributed by atoms with Crippen molar-refractivity contribution in [3.63, 3.8) is 0 Å². The van der Waals surface area contributed by atoms with Crippen LogP contribution < -0.4 is 5.32 Å². The molecular weight excluding hydrogens is 248 g/mol. The third-order valence-electron chi connectivity index (χ3n) is 3.27. The number of ether oxygens (including phenoxy) is 1. The molecule has 0 aromatic rings. The van der Waals surface area contributed by atoms with Crippen LogP contribution >= 0.6 is 0 Å². The minimum absolute atomic E-state index is 0.166. The number of amides is 1. The number of carboxylic acid groups (broad SMARTS) is 1. The highest BCUT2D eigenvalue weighted by atomic mass is 16.5. The number of aliphatic carboxylic acids is 1. The molecular formula is C13H24N2O4. The Kier molecular flexibility index (Phi) is 5.75. The van der Waals surface area contributed by atoms with Crippen molar-refractivity contribution in [3.05, 3.63) is 0 Å². The van der Waals surface area contributed by atoms with Gasteiger partial charge >= 0.3 is 5.97 Å². The second-order valence-corrected chi connectivity index (χ2v) is 5.89. The van der Waals surface area contributed by atoms with Crippen LogP contribution in [0.1, 0.15) is 33.6 Å². The van der Waals surface area contributed by atoms with Gasteiger partial charge in [-0.15, -0.1) is 0 Å². The summed E-state index contributed by atoms with van der Waals surface area (Å²) in [5.74, 6) is -1.30. The lowest BCUT2D eigenvalue weighted by molar-refractivity contribution is -0.143. The fourth-order valence-electron chi connectivity index (χ4n) is 2.20. The Bertz CT molecular complexity index is 317. The van der Waals surface area contributed by atoms with E-state index in [-0.39, 0.29) is 24.1 Å². The van der Waals surface area contributed by atoms with E-state index < -0.39 is 12.6 Å². The highest BCUT2D eigenvalue weighted by Crippen LogP contribution is 2.19. The molecule has 1 aliphatic rings. The van der Waals surface area contributed by atoms with Crippen LogP contribution in [-0.2, 0) is 14.3 Å². The van der Waals surface area contributed by atoms with Crippen molar-refractivity contribution in [1.82, 2.24) is 10.2 Å². The molecule has 0 aromatic carbocycles. The van der Waals surface area contributed by atoms with Gasteiger partial charge in [-0.25, -0.2) is 4.79 Å². The van der Waals surface area contributed by atoms with Crippen LogP contribution in [-0.4, -0.2) is 59.8 Å². The largest absolute Gasteiger partial charge is 0.480 e. The standard InChI is InChI=1S/C13H24N2O4/c1-13(2,3)15-6-4-10(5-7-15)14-11(16)8-19-9-12(17)18/h10H,4-9H2,1-3H3,(H,14,16)(H,17,18). The lowest BCUT2D eigenvalue weighted by atomic mass is 9.98. The summed E-state index contributed by atoms with van der Waals surface area (Å²) in [5.41, 5.74) is 0.166. The van der Waals surface area contributed by atoms with Gasteiger partial charge in [0.2, 0.25) is 5.91 Å². The van der Waals surface area contributed by atoms with E-state index in [4.69, 9.17) is 9.84 Å². The molecule has 0 unspecified atom stereocenters. The SMILES string of the molecule is CC(C)(C)N1CCC(NC(=O)COCC(=O)O)CC1. The maximum absolute atomic E-state index is 11.5. The van der Waals surface area contributed by atoms with Gasteiger partial charge in [0, 0.05) is 24.7 Å². The Labute approximate surface area is 114 Å². The van der Waals surface area contributed by atoms with Gasteiger partial charge in [-0.3, -0.25) is 9.69 Å². The van der Waals surface area contributed by atoms with Gasteiger partial charge in [0.1, 0.15) is 13.2 Å². The number of carbonyl (C=O) groups excluding carboxylic acids is 1. The number of hydrogen-bond acceptors (Lipinski definition) is 4. The predicted molar refractivity (Wildman–Crippen MR) is 70.9 cm³/mol. The average Bonchev–Trinajstić information content (AvgIpc) is 2.27. The third-order valence-corrected chi connectivity index (χ3v) is 3.27. The Hall–Kier alpha value is -1.14. The summed E-state index contributed by atoms with van der Waals surface area (Å²) in [7, 11) is 0. The highest BCUT2D eigenvalue weighted by Gasteiger charge is 2.27. The average molecular weight is 272 g/mol. The lowest BCUT2D eigenvalue weighted by Gasteiger charge is -2.41. The summed E-state index contributed by atoms with van der Waals surface area (Å²) in [5, 5.41) is 11.3. The second-order valence-electron chi connectivity index (χ2n) is 5.89. The minimum atomic E-state index is -1.06. The van der Waals surface area contributed by atoms with Crippen LogP contribution in [0.3, 0.4) is 0 Å². The van der Waals surface area contributed by atoms with E-state index in [2.05, 4.69) is 31.0 Å². The fraction of sp³-hybridized carbons (Fsp3) is 0.846. The van der Waals surface area contributed by atoms with E-state index in [9.17, 15) is 9.59 Å². The number of hydrogen-bond donors (Lipinski definition) is 2. The number of nitrogens with one attached hydrogen (secondary N) is 1. The molecule has 0 aromatic heterocycles. The summed E-state index contributed by atoms with van der Waals surface area (Å²) in [6.07, 6.45) is 1.84. The Morgan fingerprint density at radius 1 is 1.26 bits per heavy atom. The van der Waals surface area contributed by atoms with Crippen LogP contribution in [0, 0.1) is 0 Å². The van der Waals surface area contributed by atoms with Crippen molar-refractivity contribution in [1.29, 1.82) is 0 Å². The summed E-state index contributed by atoms with van der Waals surface area (Å²) in [6, 6.07) is 0.166. The molecule has 1 saturated heterocycles. The molecule has 1 heterocycles. The minimum Gasteiger partial charge on any atom is -0.480 e. The number of carbonyl (C=O) groups is 2. The normalized spacial score (nSPS) is 18.3. The smallest absolute Gasteiger partial charge is 0.329 e. The molecule has 0 spiro atoms. The number of likely N-dealkylation sites (tertiary alicyclic amines) is 1. The van der Waals surface area contributed by atoms with Crippen LogP contribution in [0.2, 0.25) is 0 Å². The van der Waals surface area contributed by atoms with Gasteiger partial charge in [0.25, 0.3) is 0 Å². The third kappa shape index (κ3) is 6.02. The van der Waals surface area contributed by atoms with Crippen molar-refractivity contribution in [2.24, 2.45) is 0 Å². The van der Waals surface area contributed by atoms with Crippen molar-refractivity contribution >= 4 is 11.9 Å². The van der Waals surface area contributed by atoms with E-state index in [1.165, 1.54) is 0 Å². The molecule has 6 nitrogen and oxygen atoms in total. The zero-order valence-corrected chi connectivity index (χ0v) is 11.9. The predicted octanol–water partition coefficient (Wildman–Crippen LogP) is 0.467. The monoisotopic (exact) mass is 272 g/mol. The molecule has 6 heteroatoms. The maximum atomic E-state index is 11.5. The second kappa shape index (κ2) is 6.86. The lowest BCUT2D eigenvalue weighted by Crippen LogP contribution is -2.51. The molecule has 19 heavy (non-hydrogen) atoms. The van der Waals surface area contributed by atoms with Crippen LogP contribution in [0.25, 0.3) is 0 Å². The molecule has 1 aliphatic heterocycles. The van der Waals surface area contributed by atoms with E-state index in [0.29, 0.717) is 0 Å². The summed E-state index contributed by atoms with van der Waals surface area (Å²) >= 11 is 0. The molecule has 2 N–H and O–H groups in total. The summed E-state index contributed by atoms with van der Waals surface area (Å²) in [6.45, 7) is 7.86. The van der Waals surface area contributed by atoms with Crippen molar-refractivity contribution in [3.8, 4) is 0 Å². The Morgan fingerprint density at radius 2 is 1.84 bits per heavy atom. The van der Waals surface area contributed by atoms with Crippen LogP contribution in [0.5, 0.6) is 0 Å². The number of rotatable bonds is 5. The molecule has 1 amide bonds. The molecule has 0 radical (unpaired) electrons. The molecule has 0 bridgehead atoms. The molecule has 1 rings (SSSR count). The Balaban J connectivity index is 2.22.